The fourth-order valence-corrected chi connectivity index (χ4v) is 3.52. The molecule has 2 atom stereocenters. The highest BCUT2D eigenvalue weighted by atomic mass is 35.5. The van der Waals surface area contributed by atoms with E-state index in [1.165, 1.54) is 0 Å². The second-order valence-corrected chi connectivity index (χ2v) is 7.58. The van der Waals surface area contributed by atoms with Gasteiger partial charge in [-0.1, -0.05) is 26.3 Å². The van der Waals surface area contributed by atoms with Crippen molar-refractivity contribution in [2.45, 2.75) is 51.0 Å². The highest BCUT2D eigenvalue weighted by molar-refractivity contribution is 5.85. The van der Waals surface area contributed by atoms with E-state index in [1.54, 1.807) is 0 Å². The number of nitrogens with one attached hydrogen (secondary N) is 1. The van der Waals surface area contributed by atoms with Crippen molar-refractivity contribution in [3.63, 3.8) is 0 Å². The van der Waals surface area contributed by atoms with Gasteiger partial charge in [0, 0.05) is 24.4 Å². The van der Waals surface area contributed by atoms with Crippen LogP contribution >= 0.6 is 12.4 Å². The zero-order chi connectivity index (χ0) is 17.2. The summed E-state index contributed by atoms with van der Waals surface area (Å²) in [4.78, 5) is 12.2. The van der Waals surface area contributed by atoms with E-state index in [0.29, 0.717) is 32.1 Å². The molecule has 3 N–H and O–H groups in total. The smallest absolute Gasteiger partial charge is 0.220 e. The minimum Gasteiger partial charge on any atom is -0.486 e. The maximum atomic E-state index is 12.2. The Hall–Kier alpha value is -1.46. The van der Waals surface area contributed by atoms with Gasteiger partial charge in [0.05, 0.1) is 0 Å². The Morgan fingerprint density at radius 2 is 1.96 bits per heavy atom. The second-order valence-electron chi connectivity index (χ2n) is 7.58. The summed E-state index contributed by atoms with van der Waals surface area (Å²) < 4.78 is 11.2. The molecular weight excluding hydrogens is 340 g/mol. The van der Waals surface area contributed by atoms with Crippen LogP contribution in [0.3, 0.4) is 0 Å². The molecule has 1 aliphatic carbocycles. The predicted molar refractivity (Wildman–Crippen MR) is 101 cm³/mol. The topological polar surface area (TPSA) is 73.6 Å². The number of halogens is 1. The van der Waals surface area contributed by atoms with E-state index in [4.69, 9.17) is 15.2 Å². The molecule has 1 saturated carbocycles. The third kappa shape index (κ3) is 4.79. The number of carbonyl (C=O) groups is 1. The molecule has 1 amide bonds. The zero-order valence-corrected chi connectivity index (χ0v) is 15.9. The number of ether oxygens (including phenoxy) is 2. The molecule has 5 nitrogen and oxygen atoms in total. The SMILES string of the molecule is CC(C)(CNC(=O)C[C@@H]1CCC[C@H]1N)c1ccc2c(c1)OCCO2.Cl. The Balaban J connectivity index is 0.00000225. The first kappa shape index (κ1) is 19.9. The van der Waals surface area contributed by atoms with Gasteiger partial charge in [-0.25, -0.2) is 0 Å². The summed E-state index contributed by atoms with van der Waals surface area (Å²) in [6.45, 7) is 6.01. The van der Waals surface area contributed by atoms with Crippen LogP contribution in [0.2, 0.25) is 0 Å². The molecule has 1 aromatic rings. The zero-order valence-electron chi connectivity index (χ0n) is 15.0. The lowest BCUT2D eigenvalue weighted by Crippen LogP contribution is -2.38. The average Bonchev–Trinajstić information content (AvgIpc) is 2.97. The summed E-state index contributed by atoms with van der Waals surface area (Å²) in [6.07, 6.45) is 3.79. The van der Waals surface area contributed by atoms with Crippen LogP contribution < -0.4 is 20.5 Å². The average molecular weight is 369 g/mol. The lowest BCUT2D eigenvalue weighted by molar-refractivity contribution is -0.122. The largest absolute Gasteiger partial charge is 0.486 e. The normalized spacial score (nSPS) is 22.2. The first-order chi connectivity index (χ1) is 11.5. The number of hydrogen-bond acceptors (Lipinski definition) is 4. The Morgan fingerprint density at radius 1 is 1.24 bits per heavy atom. The van der Waals surface area contributed by atoms with Crippen LogP contribution in [0, 0.1) is 5.92 Å². The Kier molecular flexibility index (Phi) is 6.58. The van der Waals surface area contributed by atoms with Crippen LogP contribution in [-0.2, 0) is 10.2 Å². The Morgan fingerprint density at radius 3 is 2.64 bits per heavy atom. The van der Waals surface area contributed by atoms with E-state index in [2.05, 4.69) is 19.2 Å². The van der Waals surface area contributed by atoms with Crippen molar-refractivity contribution in [3.05, 3.63) is 23.8 Å². The van der Waals surface area contributed by atoms with Crippen molar-refractivity contribution < 1.29 is 14.3 Å². The molecule has 3 rings (SSSR count). The maximum Gasteiger partial charge on any atom is 0.220 e. The highest BCUT2D eigenvalue weighted by Crippen LogP contribution is 2.35. The van der Waals surface area contributed by atoms with E-state index in [-0.39, 0.29) is 29.8 Å². The number of amides is 1. The number of nitrogens with two attached hydrogens (primary N) is 1. The van der Waals surface area contributed by atoms with Crippen LogP contribution in [0.15, 0.2) is 18.2 Å². The third-order valence-electron chi connectivity index (χ3n) is 5.22. The summed E-state index contributed by atoms with van der Waals surface area (Å²) >= 11 is 0. The van der Waals surface area contributed by atoms with Crippen LogP contribution in [-0.4, -0.2) is 31.7 Å². The fraction of sp³-hybridized carbons (Fsp3) is 0.632. The van der Waals surface area contributed by atoms with E-state index in [9.17, 15) is 4.79 Å². The van der Waals surface area contributed by atoms with E-state index >= 15 is 0 Å². The van der Waals surface area contributed by atoms with Gasteiger partial charge in [-0.3, -0.25) is 4.79 Å². The van der Waals surface area contributed by atoms with Crippen molar-refractivity contribution in [2.24, 2.45) is 11.7 Å². The van der Waals surface area contributed by atoms with E-state index < -0.39 is 0 Å². The van der Waals surface area contributed by atoms with Gasteiger partial charge in [-0.05, 0) is 36.5 Å². The van der Waals surface area contributed by atoms with Gasteiger partial charge >= 0.3 is 0 Å². The van der Waals surface area contributed by atoms with Crippen molar-refractivity contribution in [1.29, 1.82) is 0 Å². The number of carbonyl (C=O) groups excluding carboxylic acids is 1. The molecule has 0 spiro atoms. The van der Waals surface area contributed by atoms with Crippen LogP contribution in [0.1, 0.15) is 45.1 Å². The Bertz CT molecular complexity index is 606. The molecule has 140 valence electrons. The van der Waals surface area contributed by atoms with Crippen LogP contribution in [0.5, 0.6) is 11.5 Å². The molecule has 0 radical (unpaired) electrons. The number of hydrogen-bond donors (Lipinski definition) is 2. The molecule has 0 aromatic heterocycles. The van der Waals surface area contributed by atoms with Crippen molar-refractivity contribution in [2.75, 3.05) is 19.8 Å². The molecule has 25 heavy (non-hydrogen) atoms. The molecule has 1 aliphatic heterocycles. The van der Waals surface area contributed by atoms with E-state index in [0.717, 1.165) is 36.3 Å². The Labute approximate surface area is 156 Å². The number of fused-ring (bicyclic) bond motifs is 1. The van der Waals surface area contributed by atoms with Gasteiger partial charge in [0.25, 0.3) is 0 Å². The molecule has 2 aliphatic rings. The summed E-state index contributed by atoms with van der Waals surface area (Å²) in [5.41, 5.74) is 7.01. The molecule has 1 fully saturated rings. The molecule has 0 bridgehead atoms. The predicted octanol–water partition coefficient (Wildman–Crippen LogP) is 2.79. The van der Waals surface area contributed by atoms with Gasteiger partial charge in [0.1, 0.15) is 13.2 Å². The first-order valence-electron chi connectivity index (χ1n) is 8.88. The lowest BCUT2D eigenvalue weighted by atomic mass is 9.84. The molecule has 0 unspecified atom stereocenters. The lowest BCUT2D eigenvalue weighted by Gasteiger charge is -2.28. The number of rotatable bonds is 5. The number of benzene rings is 1. The van der Waals surface area contributed by atoms with Gasteiger partial charge in [-0.15, -0.1) is 12.4 Å². The summed E-state index contributed by atoms with van der Waals surface area (Å²) in [5, 5.41) is 3.08. The summed E-state index contributed by atoms with van der Waals surface area (Å²) in [6, 6.07) is 6.20. The monoisotopic (exact) mass is 368 g/mol. The molecule has 1 aromatic carbocycles. The van der Waals surface area contributed by atoms with Crippen molar-refractivity contribution in [3.8, 4) is 11.5 Å². The maximum absolute atomic E-state index is 12.2. The van der Waals surface area contributed by atoms with Crippen molar-refractivity contribution in [1.82, 2.24) is 5.32 Å². The van der Waals surface area contributed by atoms with E-state index in [1.807, 2.05) is 18.2 Å². The minimum atomic E-state index is -0.177. The molecule has 0 saturated heterocycles. The second kappa shape index (κ2) is 8.28. The van der Waals surface area contributed by atoms with Gasteiger partial charge in [0.15, 0.2) is 11.5 Å². The van der Waals surface area contributed by atoms with Gasteiger partial charge in [-0.2, -0.15) is 0 Å². The van der Waals surface area contributed by atoms with Gasteiger partial charge in [0.2, 0.25) is 5.91 Å². The molecule has 6 heteroatoms. The third-order valence-corrected chi connectivity index (χ3v) is 5.22. The standard InChI is InChI=1S/C19H28N2O3.ClH/c1-19(2,12-21-18(22)10-13-4-3-5-15(13)20)14-6-7-16-17(11-14)24-9-8-23-16;/h6-7,11,13,15H,3-5,8-10,12,20H2,1-2H3,(H,21,22);1H/t13-,15+;/m0./s1. The van der Waals surface area contributed by atoms with Crippen LogP contribution in [0.4, 0.5) is 0 Å². The quantitative estimate of drug-likeness (QED) is 0.838. The first-order valence-corrected chi connectivity index (χ1v) is 8.88. The molecular formula is C19H29ClN2O3. The minimum absolute atomic E-state index is 0. The highest BCUT2D eigenvalue weighted by Gasteiger charge is 2.28. The molecule has 1 heterocycles. The summed E-state index contributed by atoms with van der Waals surface area (Å²) in [7, 11) is 0. The van der Waals surface area contributed by atoms with Gasteiger partial charge < -0.3 is 20.5 Å². The fourth-order valence-electron chi connectivity index (χ4n) is 3.52. The van der Waals surface area contributed by atoms with Crippen molar-refractivity contribution >= 4 is 18.3 Å². The van der Waals surface area contributed by atoms with Crippen LogP contribution in [0.25, 0.3) is 0 Å². The summed E-state index contributed by atoms with van der Waals surface area (Å²) in [5.74, 6) is 2.01.